The van der Waals surface area contributed by atoms with Crippen molar-refractivity contribution in [2.24, 2.45) is 11.3 Å². The van der Waals surface area contributed by atoms with Crippen LogP contribution in [0.2, 0.25) is 0 Å². The Balaban J connectivity index is 2.05. The number of likely N-dealkylation sites (N-methyl/N-ethyl adjacent to an activating group) is 1. The van der Waals surface area contributed by atoms with E-state index in [0.29, 0.717) is 11.5 Å². The van der Waals surface area contributed by atoms with Crippen LogP contribution in [-0.2, 0) is 6.42 Å². The second-order valence-corrected chi connectivity index (χ2v) is 5.67. The molecule has 0 bridgehead atoms. The molecule has 1 fully saturated rings. The lowest BCUT2D eigenvalue weighted by Crippen LogP contribution is -2.40. The van der Waals surface area contributed by atoms with Crippen molar-refractivity contribution in [3.63, 3.8) is 0 Å². The van der Waals surface area contributed by atoms with Crippen LogP contribution < -0.4 is 5.32 Å². The first kappa shape index (κ1) is 11.7. The van der Waals surface area contributed by atoms with Crippen molar-refractivity contribution < 1.29 is 4.42 Å². The lowest BCUT2D eigenvalue weighted by Gasteiger charge is -2.33. The molecule has 2 atom stereocenters. The average molecular weight is 221 g/mol. The van der Waals surface area contributed by atoms with Gasteiger partial charge in [-0.15, -0.1) is 0 Å². The molecule has 0 radical (unpaired) electrons. The van der Waals surface area contributed by atoms with Gasteiger partial charge in [-0.1, -0.05) is 20.3 Å². The second kappa shape index (κ2) is 4.62. The zero-order chi connectivity index (χ0) is 11.6. The van der Waals surface area contributed by atoms with Gasteiger partial charge in [0.2, 0.25) is 0 Å². The van der Waals surface area contributed by atoms with Crippen LogP contribution in [0.5, 0.6) is 0 Å². The molecule has 0 saturated heterocycles. The molecule has 90 valence electrons. The normalized spacial score (nSPS) is 25.8. The van der Waals surface area contributed by atoms with Gasteiger partial charge in [0, 0.05) is 12.5 Å². The minimum Gasteiger partial charge on any atom is -0.469 e. The summed E-state index contributed by atoms with van der Waals surface area (Å²) < 4.78 is 5.45. The molecule has 2 unspecified atom stereocenters. The smallest absolute Gasteiger partial charge is 0.105 e. The van der Waals surface area contributed by atoms with E-state index >= 15 is 0 Å². The van der Waals surface area contributed by atoms with Crippen molar-refractivity contribution in [2.75, 3.05) is 7.05 Å². The highest BCUT2D eigenvalue weighted by Crippen LogP contribution is 2.44. The third-order valence-electron chi connectivity index (χ3n) is 4.20. The van der Waals surface area contributed by atoms with Gasteiger partial charge in [0.1, 0.15) is 5.76 Å². The lowest BCUT2D eigenvalue weighted by atomic mass is 9.76. The Kier molecular flexibility index (Phi) is 3.38. The van der Waals surface area contributed by atoms with Crippen molar-refractivity contribution in [1.29, 1.82) is 0 Å². The molecule has 1 aromatic rings. The van der Waals surface area contributed by atoms with Crippen LogP contribution in [0.15, 0.2) is 22.8 Å². The molecule has 0 spiro atoms. The molecule has 2 rings (SSSR count). The Labute approximate surface area is 98.4 Å². The Morgan fingerprint density at radius 2 is 2.38 bits per heavy atom. The third-order valence-corrected chi connectivity index (χ3v) is 4.20. The summed E-state index contributed by atoms with van der Waals surface area (Å²) in [6.07, 6.45) is 6.85. The number of hydrogen-bond donors (Lipinski definition) is 1. The molecule has 1 saturated carbocycles. The highest BCUT2D eigenvalue weighted by atomic mass is 16.3. The first-order valence-electron chi connectivity index (χ1n) is 6.33. The predicted molar refractivity (Wildman–Crippen MR) is 66.4 cm³/mol. The molecule has 0 amide bonds. The molecule has 1 aromatic heterocycles. The van der Waals surface area contributed by atoms with Crippen LogP contribution in [0.4, 0.5) is 0 Å². The molecule has 1 N–H and O–H groups in total. The average Bonchev–Trinajstić information content (AvgIpc) is 2.84. The topological polar surface area (TPSA) is 25.2 Å². The highest BCUT2D eigenvalue weighted by Gasteiger charge is 2.39. The van der Waals surface area contributed by atoms with Gasteiger partial charge in [-0.25, -0.2) is 0 Å². The number of furan rings is 1. The Morgan fingerprint density at radius 1 is 1.56 bits per heavy atom. The van der Waals surface area contributed by atoms with E-state index in [4.69, 9.17) is 4.42 Å². The van der Waals surface area contributed by atoms with Gasteiger partial charge in [0.25, 0.3) is 0 Å². The Hall–Kier alpha value is -0.760. The number of rotatable bonds is 4. The molecule has 2 nitrogen and oxygen atoms in total. The molecule has 0 aliphatic heterocycles. The van der Waals surface area contributed by atoms with E-state index in [1.54, 1.807) is 6.26 Å². The van der Waals surface area contributed by atoms with Gasteiger partial charge in [0.05, 0.1) is 6.26 Å². The van der Waals surface area contributed by atoms with Crippen molar-refractivity contribution >= 4 is 0 Å². The summed E-state index contributed by atoms with van der Waals surface area (Å²) in [5.74, 6) is 1.87. The van der Waals surface area contributed by atoms with Gasteiger partial charge in [-0.3, -0.25) is 0 Å². The molecule has 1 aliphatic carbocycles. The van der Waals surface area contributed by atoms with E-state index in [1.807, 2.05) is 6.07 Å². The Morgan fingerprint density at radius 3 is 2.88 bits per heavy atom. The summed E-state index contributed by atoms with van der Waals surface area (Å²) in [4.78, 5) is 0. The van der Waals surface area contributed by atoms with E-state index in [-0.39, 0.29) is 0 Å². The SMILES string of the molecule is CNC(Cc1ccco1)C1CCCC1(C)C. The van der Waals surface area contributed by atoms with Crippen molar-refractivity contribution in [1.82, 2.24) is 5.32 Å². The van der Waals surface area contributed by atoms with E-state index in [0.717, 1.165) is 18.1 Å². The molecular formula is C14H23NO. The fourth-order valence-corrected chi connectivity index (χ4v) is 3.19. The summed E-state index contributed by atoms with van der Waals surface area (Å²) in [6, 6.07) is 4.59. The zero-order valence-electron chi connectivity index (χ0n) is 10.6. The summed E-state index contributed by atoms with van der Waals surface area (Å²) in [5.41, 5.74) is 0.472. The van der Waals surface area contributed by atoms with Crippen LogP contribution in [-0.4, -0.2) is 13.1 Å². The minimum absolute atomic E-state index is 0.472. The van der Waals surface area contributed by atoms with Gasteiger partial charge in [-0.2, -0.15) is 0 Å². The van der Waals surface area contributed by atoms with Crippen LogP contribution in [0, 0.1) is 11.3 Å². The fraction of sp³-hybridized carbons (Fsp3) is 0.714. The maximum Gasteiger partial charge on any atom is 0.105 e. The standard InChI is InChI=1S/C14H23NO/c1-14(2)8-4-7-12(14)13(15-3)10-11-6-5-9-16-11/h5-6,9,12-13,15H,4,7-8,10H2,1-3H3. The largest absolute Gasteiger partial charge is 0.469 e. The first-order valence-corrected chi connectivity index (χ1v) is 6.33. The molecule has 2 heteroatoms. The van der Waals surface area contributed by atoms with E-state index < -0.39 is 0 Å². The van der Waals surface area contributed by atoms with Gasteiger partial charge < -0.3 is 9.73 Å². The van der Waals surface area contributed by atoms with Crippen molar-refractivity contribution in [3.8, 4) is 0 Å². The van der Waals surface area contributed by atoms with Crippen LogP contribution in [0.3, 0.4) is 0 Å². The maximum absolute atomic E-state index is 5.45. The van der Waals surface area contributed by atoms with Crippen molar-refractivity contribution in [3.05, 3.63) is 24.2 Å². The predicted octanol–water partition coefficient (Wildman–Crippen LogP) is 3.24. The molecule has 0 aromatic carbocycles. The minimum atomic E-state index is 0.472. The third kappa shape index (κ3) is 2.32. The van der Waals surface area contributed by atoms with Gasteiger partial charge in [-0.05, 0) is 43.4 Å². The molecule has 16 heavy (non-hydrogen) atoms. The van der Waals surface area contributed by atoms with Gasteiger partial charge in [0.15, 0.2) is 0 Å². The quantitative estimate of drug-likeness (QED) is 0.844. The van der Waals surface area contributed by atoms with Crippen molar-refractivity contribution in [2.45, 2.75) is 45.6 Å². The highest BCUT2D eigenvalue weighted by molar-refractivity contribution is 5.03. The first-order chi connectivity index (χ1) is 7.63. The zero-order valence-corrected chi connectivity index (χ0v) is 10.6. The van der Waals surface area contributed by atoms with E-state index in [1.165, 1.54) is 19.3 Å². The summed E-state index contributed by atoms with van der Waals surface area (Å²) >= 11 is 0. The van der Waals surface area contributed by atoms with Gasteiger partial charge >= 0.3 is 0 Å². The summed E-state index contributed by atoms with van der Waals surface area (Å²) in [6.45, 7) is 4.80. The van der Waals surface area contributed by atoms with Crippen LogP contribution in [0.25, 0.3) is 0 Å². The fourth-order valence-electron chi connectivity index (χ4n) is 3.19. The molecule has 1 heterocycles. The Bertz CT molecular complexity index is 315. The van der Waals surface area contributed by atoms with Crippen LogP contribution >= 0.6 is 0 Å². The van der Waals surface area contributed by atoms with Crippen LogP contribution in [0.1, 0.15) is 38.9 Å². The maximum atomic E-state index is 5.45. The summed E-state index contributed by atoms with van der Waals surface area (Å²) in [5, 5.41) is 3.48. The van der Waals surface area contributed by atoms with E-state index in [9.17, 15) is 0 Å². The monoisotopic (exact) mass is 221 g/mol. The number of nitrogens with one attached hydrogen (secondary N) is 1. The molecular weight excluding hydrogens is 198 g/mol. The molecule has 1 aliphatic rings. The van der Waals surface area contributed by atoms with E-state index in [2.05, 4.69) is 32.3 Å². The lowest BCUT2D eigenvalue weighted by molar-refractivity contribution is 0.197. The second-order valence-electron chi connectivity index (χ2n) is 5.67. The number of hydrogen-bond acceptors (Lipinski definition) is 2. The summed E-state index contributed by atoms with van der Waals surface area (Å²) in [7, 11) is 2.07.